The Labute approximate surface area is 116 Å². The molecular weight excluding hydrogens is 262 g/mol. The number of hydrogen-bond donors (Lipinski definition) is 1. The molecular formula is C14H13NO3S. The number of ether oxygens (including phenoxy) is 2. The fourth-order valence-electron chi connectivity index (χ4n) is 1.58. The molecule has 0 unspecified atom stereocenters. The summed E-state index contributed by atoms with van der Waals surface area (Å²) in [4.78, 5) is 11.5. The van der Waals surface area contributed by atoms with Crippen molar-refractivity contribution in [3.05, 3.63) is 42.0 Å². The van der Waals surface area contributed by atoms with Crippen LogP contribution >= 0.6 is 12.2 Å². The Hall–Kier alpha value is -2.14. The molecule has 19 heavy (non-hydrogen) atoms. The summed E-state index contributed by atoms with van der Waals surface area (Å²) in [6, 6.07) is 5.64. The monoisotopic (exact) mass is 275 g/mol. The lowest BCUT2D eigenvalue weighted by Crippen LogP contribution is -2.12. The van der Waals surface area contributed by atoms with E-state index < -0.39 is 0 Å². The summed E-state index contributed by atoms with van der Waals surface area (Å²) in [6.07, 6.45) is 6.85. The Balaban J connectivity index is 1.94. The van der Waals surface area contributed by atoms with Gasteiger partial charge in [-0.15, -0.1) is 0 Å². The second-order valence-electron chi connectivity index (χ2n) is 3.94. The lowest BCUT2D eigenvalue weighted by Gasteiger charge is -1.96. The van der Waals surface area contributed by atoms with E-state index in [9.17, 15) is 4.79 Å². The first kappa shape index (κ1) is 13.3. The van der Waals surface area contributed by atoms with E-state index in [0.29, 0.717) is 0 Å². The van der Waals surface area contributed by atoms with Crippen LogP contribution in [-0.2, 0) is 4.79 Å². The molecule has 5 heteroatoms. The van der Waals surface area contributed by atoms with Gasteiger partial charge < -0.3 is 15.2 Å². The molecule has 0 saturated heterocycles. The molecule has 1 aliphatic rings. The smallest absolute Gasteiger partial charge is 0.231 e. The van der Waals surface area contributed by atoms with E-state index in [0.717, 1.165) is 17.1 Å². The number of fused-ring (bicyclic) bond motifs is 1. The van der Waals surface area contributed by atoms with E-state index in [2.05, 4.69) is 12.2 Å². The van der Waals surface area contributed by atoms with Gasteiger partial charge in [0.25, 0.3) is 0 Å². The van der Waals surface area contributed by atoms with Gasteiger partial charge in [-0.1, -0.05) is 36.5 Å². The minimum Gasteiger partial charge on any atom is -0.454 e. The predicted octanol–water partition coefficient (Wildman–Crippen LogP) is 2.23. The quantitative estimate of drug-likeness (QED) is 0.507. The van der Waals surface area contributed by atoms with E-state index in [1.54, 1.807) is 12.2 Å². The Bertz CT molecular complexity index is 564. The van der Waals surface area contributed by atoms with Crippen molar-refractivity contribution in [2.45, 2.75) is 6.42 Å². The maximum atomic E-state index is 11.3. The van der Waals surface area contributed by atoms with Crippen molar-refractivity contribution < 1.29 is 14.3 Å². The third-order valence-corrected chi connectivity index (χ3v) is 2.57. The Morgan fingerprint density at radius 3 is 2.89 bits per heavy atom. The van der Waals surface area contributed by atoms with Crippen LogP contribution in [0.25, 0.3) is 6.08 Å². The average Bonchev–Trinajstić information content (AvgIpc) is 2.81. The standard InChI is InChI=1S/C14H13NO3S/c15-14(19)8-11(16)4-2-1-3-10-5-6-12-13(7-10)18-9-17-12/h1-7H,8-9H2,(H2,15,19). The van der Waals surface area contributed by atoms with Crippen molar-refractivity contribution in [3.8, 4) is 11.5 Å². The molecule has 98 valence electrons. The Morgan fingerprint density at radius 1 is 1.32 bits per heavy atom. The van der Waals surface area contributed by atoms with Gasteiger partial charge >= 0.3 is 0 Å². The highest BCUT2D eigenvalue weighted by molar-refractivity contribution is 7.80. The Morgan fingerprint density at radius 2 is 2.11 bits per heavy atom. The number of allylic oxidation sites excluding steroid dienone is 3. The summed E-state index contributed by atoms with van der Waals surface area (Å²) in [6.45, 7) is 0.260. The van der Waals surface area contributed by atoms with Gasteiger partial charge in [-0.25, -0.2) is 0 Å². The normalized spacial score (nSPS) is 13.3. The van der Waals surface area contributed by atoms with Gasteiger partial charge in [0, 0.05) is 0 Å². The predicted molar refractivity (Wildman–Crippen MR) is 77.1 cm³/mol. The number of hydrogen-bond acceptors (Lipinski definition) is 4. The molecule has 2 rings (SSSR count). The maximum Gasteiger partial charge on any atom is 0.231 e. The Kier molecular flexibility index (Phi) is 4.30. The zero-order valence-corrected chi connectivity index (χ0v) is 11.0. The van der Waals surface area contributed by atoms with Crippen molar-refractivity contribution in [1.82, 2.24) is 0 Å². The minimum absolute atomic E-state index is 0.101. The van der Waals surface area contributed by atoms with Crippen LogP contribution in [0.2, 0.25) is 0 Å². The highest BCUT2D eigenvalue weighted by Gasteiger charge is 2.11. The van der Waals surface area contributed by atoms with Crippen LogP contribution in [0.1, 0.15) is 12.0 Å². The van der Waals surface area contributed by atoms with Crippen LogP contribution in [-0.4, -0.2) is 17.6 Å². The molecule has 1 heterocycles. The number of carbonyl (C=O) groups excluding carboxylic acids is 1. The molecule has 4 nitrogen and oxygen atoms in total. The summed E-state index contributed by atoms with van der Waals surface area (Å²) in [5.41, 5.74) is 6.24. The second kappa shape index (κ2) is 6.15. The lowest BCUT2D eigenvalue weighted by atomic mass is 10.2. The van der Waals surface area contributed by atoms with Crippen molar-refractivity contribution in [1.29, 1.82) is 0 Å². The van der Waals surface area contributed by atoms with Crippen LogP contribution in [0.5, 0.6) is 11.5 Å². The van der Waals surface area contributed by atoms with Crippen LogP contribution < -0.4 is 15.2 Å². The molecule has 0 radical (unpaired) electrons. The van der Waals surface area contributed by atoms with Crippen LogP contribution in [0.3, 0.4) is 0 Å². The average molecular weight is 275 g/mol. The van der Waals surface area contributed by atoms with Crippen LogP contribution in [0, 0.1) is 0 Å². The SMILES string of the molecule is NC(=S)CC(=O)C=CC=Cc1ccc2c(c1)OCO2. The zero-order chi connectivity index (χ0) is 13.7. The molecule has 0 fully saturated rings. The number of ketones is 1. The molecule has 0 aromatic heterocycles. The first-order valence-corrected chi connectivity index (χ1v) is 6.11. The van der Waals surface area contributed by atoms with E-state index >= 15 is 0 Å². The van der Waals surface area contributed by atoms with Crippen molar-refractivity contribution in [3.63, 3.8) is 0 Å². The third kappa shape index (κ3) is 3.93. The molecule has 0 amide bonds. The molecule has 0 saturated carbocycles. The van der Waals surface area contributed by atoms with E-state index in [1.807, 2.05) is 24.3 Å². The summed E-state index contributed by atoms with van der Waals surface area (Å²) in [5.74, 6) is 1.37. The summed E-state index contributed by atoms with van der Waals surface area (Å²) >= 11 is 4.65. The molecule has 0 aliphatic carbocycles. The van der Waals surface area contributed by atoms with Gasteiger partial charge in [0.15, 0.2) is 17.3 Å². The molecule has 0 spiro atoms. The zero-order valence-electron chi connectivity index (χ0n) is 10.2. The molecule has 1 aromatic rings. The fourth-order valence-corrected chi connectivity index (χ4v) is 1.72. The largest absolute Gasteiger partial charge is 0.454 e. The minimum atomic E-state index is -0.108. The van der Waals surface area contributed by atoms with Gasteiger partial charge in [-0.05, 0) is 23.8 Å². The van der Waals surface area contributed by atoms with Crippen molar-refractivity contribution in [2.24, 2.45) is 5.73 Å². The topological polar surface area (TPSA) is 61.6 Å². The first-order chi connectivity index (χ1) is 9.15. The highest BCUT2D eigenvalue weighted by atomic mass is 32.1. The molecule has 2 N–H and O–H groups in total. The summed E-state index contributed by atoms with van der Waals surface area (Å²) in [7, 11) is 0. The van der Waals surface area contributed by atoms with Gasteiger partial charge in [0.2, 0.25) is 6.79 Å². The van der Waals surface area contributed by atoms with Gasteiger partial charge in [0.1, 0.15) is 0 Å². The number of benzene rings is 1. The highest BCUT2D eigenvalue weighted by Crippen LogP contribution is 2.32. The van der Waals surface area contributed by atoms with Gasteiger partial charge in [0.05, 0.1) is 11.4 Å². The second-order valence-corrected chi connectivity index (χ2v) is 4.46. The number of nitrogens with two attached hydrogens (primary N) is 1. The summed E-state index contributed by atoms with van der Waals surface area (Å²) in [5, 5.41) is 0. The number of rotatable bonds is 5. The first-order valence-electron chi connectivity index (χ1n) is 5.71. The van der Waals surface area contributed by atoms with E-state index in [-0.39, 0.29) is 24.0 Å². The third-order valence-electron chi connectivity index (χ3n) is 2.43. The van der Waals surface area contributed by atoms with Crippen LogP contribution in [0.15, 0.2) is 36.4 Å². The molecule has 0 atom stereocenters. The van der Waals surface area contributed by atoms with Gasteiger partial charge in [-0.3, -0.25) is 4.79 Å². The number of carbonyl (C=O) groups is 1. The molecule has 0 bridgehead atoms. The molecule has 1 aromatic carbocycles. The van der Waals surface area contributed by atoms with E-state index in [1.165, 1.54) is 6.08 Å². The van der Waals surface area contributed by atoms with Crippen LogP contribution in [0.4, 0.5) is 0 Å². The molecule has 1 aliphatic heterocycles. The van der Waals surface area contributed by atoms with Crippen molar-refractivity contribution in [2.75, 3.05) is 6.79 Å². The van der Waals surface area contributed by atoms with Crippen molar-refractivity contribution >= 4 is 29.1 Å². The van der Waals surface area contributed by atoms with Gasteiger partial charge in [-0.2, -0.15) is 0 Å². The number of thiocarbonyl (C=S) groups is 1. The van der Waals surface area contributed by atoms with E-state index in [4.69, 9.17) is 15.2 Å². The maximum absolute atomic E-state index is 11.3. The fraction of sp³-hybridized carbons (Fsp3) is 0.143. The lowest BCUT2D eigenvalue weighted by molar-refractivity contribution is -0.113. The summed E-state index contributed by atoms with van der Waals surface area (Å²) < 4.78 is 10.5.